The topological polar surface area (TPSA) is 182 Å². The molecule has 298 valence electrons. The van der Waals surface area contributed by atoms with Crippen molar-refractivity contribution in [3.8, 4) is 22.5 Å². The normalized spacial score (nSPS) is 11.6. The zero-order valence-electron chi connectivity index (χ0n) is 32.4. The van der Waals surface area contributed by atoms with Gasteiger partial charge in [0.2, 0.25) is 15.4 Å². The molecule has 2 aliphatic rings. The fourth-order valence-corrected chi connectivity index (χ4v) is 7.76. The molecule has 3 aromatic rings. The van der Waals surface area contributed by atoms with Crippen molar-refractivity contribution in [2.24, 2.45) is 0 Å². The molecule has 0 aromatic heterocycles. The minimum atomic E-state index is -3.84. The van der Waals surface area contributed by atoms with E-state index < -0.39 is 25.6 Å². The molecular formula is C40H49N6O9S+. The highest BCUT2D eigenvalue weighted by molar-refractivity contribution is 7.89. The van der Waals surface area contributed by atoms with Gasteiger partial charge in [-0.15, -0.1) is 0 Å². The summed E-state index contributed by atoms with van der Waals surface area (Å²) in [6, 6.07) is 21.1. The van der Waals surface area contributed by atoms with Gasteiger partial charge in [-0.3, -0.25) is 20.2 Å². The van der Waals surface area contributed by atoms with Crippen LogP contribution in [-0.4, -0.2) is 84.0 Å². The van der Waals surface area contributed by atoms with Crippen LogP contribution < -0.4 is 24.9 Å². The molecule has 1 heterocycles. The summed E-state index contributed by atoms with van der Waals surface area (Å²) in [5.41, 5.74) is 4.81. The fourth-order valence-electron chi connectivity index (χ4n) is 6.66. The zero-order chi connectivity index (χ0) is 40.4. The first-order valence-electron chi connectivity index (χ1n) is 18.7. The SMILES string of the molecule is CCN(CC)c1ccc2c(-c3ccc(S(=O)(=O)NCCOCCOCCNc4ccc([N+](=O)[O-])cc4[N+](=O)[O-])cc3C)c3ccc(=[N+](CC)CC)cc-3oc2c1. The first-order chi connectivity index (χ1) is 26.9. The Kier molecular flexibility index (Phi) is 14.1. The second-order valence-electron chi connectivity index (χ2n) is 12.9. The monoisotopic (exact) mass is 789 g/mol. The lowest BCUT2D eigenvalue weighted by Crippen LogP contribution is -2.29. The fraction of sp³-hybridized carbons (Fsp3) is 0.375. The van der Waals surface area contributed by atoms with Crippen LogP contribution in [0.3, 0.4) is 0 Å². The van der Waals surface area contributed by atoms with E-state index in [1.165, 1.54) is 12.1 Å². The maximum Gasteiger partial charge on any atom is 0.299 e. The van der Waals surface area contributed by atoms with Crippen molar-refractivity contribution in [1.29, 1.82) is 0 Å². The Labute approximate surface area is 326 Å². The molecule has 2 N–H and O–H groups in total. The third-order valence-corrected chi connectivity index (χ3v) is 11.0. The first-order valence-corrected chi connectivity index (χ1v) is 20.2. The Morgan fingerprint density at radius 1 is 0.768 bits per heavy atom. The van der Waals surface area contributed by atoms with Gasteiger partial charge in [0, 0.05) is 66.6 Å². The molecule has 0 saturated heterocycles. The Hall–Kier alpha value is -5.42. The predicted octanol–water partition coefficient (Wildman–Crippen LogP) is 6.41. The molecule has 1 aliphatic carbocycles. The summed E-state index contributed by atoms with van der Waals surface area (Å²) in [6.07, 6.45) is 0. The van der Waals surface area contributed by atoms with Crippen LogP contribution in [0.4, 0.5) is 22.7 Å². The van der Waals surface area contributed by atoms with Gasteiger partial charge in [-0.2, -0.15) is 0 Å². The lowest BCUT2D eigenvalue weighted by atomic mass is 9.91. The molecular weight excluding hydrogens is 741 g/mol. The molecule has 0 atom stereocenters. The van der Waals surface area contributed by atoms with Gasteiger partial charge in [-0.25, -0.2) is 17.7 Å². The van der Waals surface area contributed by atoms with Gasteiger partial charge in [0.15, 0.2) is 0 Å². The lowest BCUT2D eigenvalue weighted by molar-refractivity contribution is -0.393. The highest BCUT2D eigenvalue weighted by atomic mass is 32.2. The molecule has 0 radical (unpaired) electrons. The van der Waals surface area contributed by atoms with Crippen LogP contribution >= 0.6 is 0 Å². The maximum atomic E-state index is 13.3. The average Bonchev–Trinajstić information content (AvgIpc) is 3.18. The van der Waals surface area contributed by atoms with E-state index >= 15 is 0 Å². The quantitative estimate of drug-likeness (QED) is 0.0292. The highest BCUT2D eigenvalue weighted by Gasteiger charge is 2.23. The number of sulfonamides is 1. The standard InChI is InChI=1S/C40H49N6O9S/c1-6-43(7-2)29-10-14-34-38(26-29)55-39-27-30(44(8-3)9-4)11-15-35(39)40(34)33-16-13-32(24-28(33)5)56(51,52)42-19-21-54-23-22-53-20-18-41-36-17-12-31(45(47)48)25-37(36)46(49)50/h10-17,24-27,41-42H,6-9,18-23H2,1-5H3/q+1. The van der Waals surface area contributed by atoms with Crippen LogP contribution in [-0.2, 0) is 19.5 Å². The number of benzene rings is 4. The molecule has 0 amide bonds. The van der Waals surface area contributed by atoms with Gasteiger partial charge >= 0.3 is 0 Å². The van der Waals surface area contributed by atoms with Crippen LogP contribution in [0.25, 0.3) is 33.4 Å². The summed E-state index contributed by atoms with van der Waals surface area (Å²) in [5, 5.41) is 27.1. The number of hydrogen-bond acceptors (Lipinski definition) is 11. The number of hydrogen-bond donors (Lipinski definition) is 2. The van der Waals surface area contributed by atoms with Crippen LogP contribution in [0.1, 0.15) is 33.3 Å². The molecule has 0 unspecified atom stereocenters. The summed E-state index contributed by atoms with van der Waals surface area (Å²) in [4.78, 5) is 23.2. The number of aryl methyl sites for hydroxylation is 1. The minimum Gasteiger partial charge on any atom is -0.456 e. The summed E-state index contributed by atoms with van der Waals surface area (Å²) in [7, 11) is -3.84. The largest absolute Gasteiger partial charge is 0.456 e. The molecule has 56 heavy (non-hydrogen) atoms. The number of non-ortho nitro benzene ring substituents is 1. The smallest absolute Gasteiger partial charge is 0.299 e. The summed E-state index contributed by atoms with van der Waals surface area (Å²) in [5.74, 6) is 0.752. The molecule has 5 rings (SSSR count). The number of nitrogens with one attached hydrogen (secondary N) is 2. The molecule has 0 bridgehead atoms. The highest BCUT2D eigenvalue weighted by Crippen LogP contribution is 2.42. The maximum absolute atomic E-state index is 13.3. The third kappa shape index (κ3) is 9.68. The van der Waals surface area contributed by atoms with Crippen LogP contribution in [0.15, 0.2) is 82.1 Å². The van der Waals surface area contributed by atoms with Crippen LogP contribution in [0.5, 0.6) is 0 Å². The van der Waals surface area contributed by atoms with Crippen molar-refractivity contribution in [2.45, 2.75) is 39.5 Å². The van der Waals surface area contributed by atoms with E-state index in [1.54, 1.807) is 12.1 Å². The number of nitro groups is 2. The lowest BCUT2D eigenvalue weighted by Gasteiger charge is -2.22. The Bertz CT molecular complexity index is 2340. The summed E-state index contributed by atoms with van der Waals surface area (Å²) < 4.78 is 49.1. The number of fused-ring (bicyclic) bond motifs is 2. The van der Waals surface area contributed by atoms with Gasteiger partial charge in [0.1, 0.15) is 30.1 Å². The first kappa shape index (κ1) is 41.7. The van der Waals surface area contributed by atoms with Gasteiger partial charge in [-0.05, 0) is 82.1 Å². The molecule has 16 heteroatoms. The molecule has 0 saturated carbocycles. The molecule has 0 spiro atoms. The van der Waals surface area contributed by atoms with Gasteiger partial charge in [0.25, 0.3) is 11.4 Å². The number of ether oxygens (including phenoxy) is 2. The van der Waals surface area contributed by atoms with Crippen molar-refractivity contribution in [2.75, 3.05) is 75.9 Å². The number of nitrogens with zero attached hydrogens (tertiary/aromatic N) is 4. The van der Waals surface area contributed by atoms with Crippen LogP contribution in [0.2, 0.25) is 0 Å². The molecule has 15 nitrogen and oxygen atoms in total. The summed E-state index contributed by atoms with van der Waals surface area (Å²) in [6.45, 7) is 14.9. The van der Waals surface area contributed by atoms with Crippen molar-refractivity contribution < 1.29 is 32.2 Å². The number of nitro benzene ring substituents is 2. The molecule has 3 aromatic carbocycles. The predicted molar refractivity (Wildman–Crippen MR) is 218 cm³/mol. The van der Waals surface area contributed by atoms with E-state index in [9.17, 15) is 28.6 Å². The van der Waals surface area contributed by atoms with E-state index in [-0.39, 0.29) is 55.8 Å². The third-order valence-electron chi connectivity index (χ3n) is 9.58. The second kappa shape index (κ2) is 18.9. The zero-order valence-corrected chi connectivity index (χ0v) is 33.2. The van der Waals surface area contributed by atoms with Crippen molar-refractivity contribution in [1.82, 2.24) is 9.30 Å². The van der Waals surface area contributed by atoms with Gasteiger partial charge in [-0.1, -0.05) is 6.07 Å². The van der Waals surface area contributed by atoms with E-state index in [2.05, 4.69) is 83.6 Å². The van der Waals surface area contributed by atoms with Gasteiger partial charge in [0.05, 0.1) is 53.3 Å². The number of anilines is 2. The van der Waals surface area contributed by atoms with E-state index in [0.29, 0.717) is 0 Å². The molecule has 1 aliphatic heterocycles. The van der Waals surface area contributed by atoms with E-state index in [1.807, 2.05) is 13.0 Å². The average molecular weight is 790 g/mol. The van der Waals surface area contributed by atoms with Crippen molar-refractivity contribution >= 4 is 43.7 Å². The number of rotatable bonds is 20. The van der Waals surface area contributed by atoms with Crippen LogP contribution in [0, 0.1) is 27.2 Å². The second-order valence-corrected chi connectivity index (χ2v) is 14.7. The van der Waals surface area contributed by atoms with Crippen molar-refractivity contribution in [3.05, 3.63) is 104 Å². The Morgan fingerprint density at radius 2 is 1.46 bits per heavy atom. The Balaban J connectivity index is 1.22. The van der Waals surface area contributed by atoms with E-state index in [4.69, 9.17) is 13.9 Å². The van der Waals surface area contributed by atoms with Crippen molar-refractivity contribution in [3.63, 3.8) is 0 Å². The Morgan fingerprint density at radius 3 is 2.11 bits per heavy atom. The minimum absolute atomic E-state index is 0.0493. The molecule has 0 fully saturated rings. The summed E-state index contributed by atoms with van der Waals surface area (Å²) >= 11 is 0. The van der Waals surface area contributed by atoms with Gasteiger partial charge < -0.3 is 24.1 Å². The van der Waals surface area contributed by atoms with E-state index in [0.717, 1.165) is 82.3 Å².